The van der Waals surface area contributed by atoms with Gasteiger partial charge in [0.15, 0.2) is 0 Å². The number of rotatable bonds is 5. The van der Waals surface area contributed by atoms with Crippen LogP contribution in [0.5, 0.6) is 5.75 Å². The second-order valence-electron chi connectivity index (χ2n) is 4.85. The second kappa shape index (κ2) is 6.21. The van der Waals surface area contributed by atoms with Crippen molar-refractivity contribution in [1.29, 1.82) is 5.41 Å². The fourth-order valence-electron chi connectivity index (χ4n) is 2.00. The second-order valence-corrected chi connectivity index (χ2v) is 4.85. The topological polar surface area (TPSA) is 96.9 Å². The van der Waals surface area contributed by atoms with E-state index in [0.29, 0.717) is 34.2 Å². The molecule has 21 heavy (non-hydrogen) atoms. The molecule has 2 aromatic heterocycles. The summed E-state index contributed by atoms with van der Waals surface area (Å²) in [5.74, 6) is 0.616. The number of methoxy groups -OCH3 is 1. The molecule has 6 heteroatoms. The Hall–Kier alpha value is -2.63. The van der Waals surface area contributed by atoms with E-state index in [-0.39, 0.29) is 6.04 Å². The number of hydrogen-bond donors (Lipinski definition) is 3. The summed E-state index contributed by atoms with van der Waals surface area (Å²) in [7, 11) is 1.58. The van der Waals surface area contributed by atoms with Crippen LogP contribution in [0.3, 0.4) is 0 Å². The maximum Gasteiger partial charge on any atom is 0.146 e. The molecule has 0 aliphatic heterocycles. The van der Waals surface area contributed by atoms with Crippen LogP contribution in [0.25, 0.3) is 11.4 Å². The highest BCUT2D eigenvalue weighted by molar-refractivity contribution is 5.90. The molecule has 2 aromatic rings. The number of nitrogens with one attached hydrogen (secondary N) is 2. The Kier molecular flexibility index (Phi) is 4.37. The number of nitrogens with zero attached hydrogens (tertiary/aromatic N) is 2. The highest BCUT2D eigenvalue weighted by Crippen LogP contribution is 2.31. The molecule has 0 fully saturated rings. The van der Waals surface area contributed by atoms with Gasteiger partial charge in [-0.1, -0.05) is 0 Å². The smallest absolute Gasteiger partial charge is 0.146 e. The minimum absolute atomic E-state index is 0.197. The van der Waals surface area contributed by atoms with E-state index < -0.39 is 0 Å². The van der Waals surface area contributed by atoms with Crippen molar-refractivity contribution in [3.05, 3.63) is 30.1 Å². The third kappa shape index (κ3) is 3.10. The van der Waals surface area contributed by atoms with Crippen molar-refractivity contribution in [3.8, 4) is 17.1 Å². The molecule has 0 radical (unpaired) electrons. The van der Waals surface area contributed by atoms with Gasteiger partial charge in [-0.3, -0.25) is 4.98 Å². The van der Waals surface area contributed by atoms with Crippen LogP contribution in [0.15, 0.2) is 24.4 Å². The van der Waals surface area contributed by atoms with Crippen LogP contribution in [0.1, 0.15) is 19.5 Å². The first-order valence-electron chi connectivity index (χ1n) is 6.63. The van der Waals surface area contributed by atoms with Gasteiger partial charge in [0.2, 0.25) is 0 Å². The van der Waals surface area contributed by atoms with Crippen LogP contribution in [0.4, 0.5) is 11.4 Å². The van der Waals surface area contributed by atoms with E-state index in [1.807, 2.05) is 19.9 Å². The maximum absolute atomic E-state index is 7.55. The summed E-state index contributed by atoms with van der Waals surface area (Å²) in [6, 6.07) is 5.54. The quantitative estimate of drug-likeness (QED) is 0.733. The van der Waals surface area contributed by atoms with Gasteiger partial charge in [0.1, 0.15) is 17.1 Å². The van der Waals surface area contributed by atoms with Crippen molar-refractivity contribution in [2.45, 2.75) is 19.9 Å². The highest BCUT2D eigenvalue weighted by Gasteiger charge is 2.14. The third-order valence-electron chi connectivity index (χ3n) is 2.88. The predicted molar refractivity (Wildman–Crippen MR) is 85.1 cm³/mol. The Morgan fingerprint density at radius 2 is 2.19 bits per heavy atom. The molecule has 0 saturated heterocycles. The Morgan fingerprint density at radius 1 is 1.43 bits per heavy atom. The molecule has 0 bridgehead atoms. The summed E-state index contributed by atoms with van der Waals surface area (Å²) in [4.78, 5) is 8.74. The minimum Gasteiger partial charge on any atom is -0.494 e. The number of anilines is 2. The van der Waals surface area contributed by atoms with E-state index in [1.165, 1.54) is 6.21 Å². The summed E-state index contributed by atoms with van der Waals surface area (Å²) in [6.07, 6.45) is 2.85. The first kappa shape index (κ1) is 14.8. The monoisotopic (exact) mass is 285 g/mol. The van der Waals surface area contributed by atoms with Crippen molar-refractivity contribution >= 4 is 17.6 Å². The zero-order chi connectivity index (χ0) is 15.4. The van der Waals surface area contributed by atoms with Gasteiger partial charge in [-0.25, -0.2) is 4.98 Å². The molecule has 0 aliphatic rings. The Balaban J connectivity index is 2.57. The number of pyridine rings is 2. The number of hydrogen-bond acceptors (Lipinski definition) is 6. The molecule has 0 unspecified atom stereocenters. The van der Waals surface area contributed by atoms with Crippen LogP contribution in [-0.2, 0) is 0 Å². The number of nitrogen functional groups attached to an aromatic ring is 1. The largest absolute Gasteiger partial charge is 0.494 e. The lowest BCUT2D eigenvalue weighted by Crippen LogP contribution is -2.14. The van der Waals surface area contributed by atoms with Crippen LogP contribution >= 0.6 is 0 Å². The fraction of sp³-hybridized carbons (Fsp3) is 0.267. The van der Waals surface area contributed by atoms with Gasteiger partial charge in [0.05, 0.1) is 24.2 Å². The number of ether oxygens (including phenoxy) is 1. The molecular weight excluding hydrogens is 266 g/mol. The molecule has 6 nitrogen and oxygen atoms in total. The minimum atomic E-state index is 0.197. The van der Waals surface area contributed by atoms with E-state index in [1.54, 1.807) is 25.4 Å². The van der Waals surface area contributed by atoms with Crippen LogP contribution in [0.2, 0.25) is 0 Å². The summed E-state index contributed by atoms with van der Waals surface area (Å²) in [6.45, 7) is 4.01. The van der Waals surface area contributed by atoms with Gasteiger partial charge in [0.25, 0.3) is 0 Å². The molecule has 0 aliphatic carbocycles. The van der Waals surface area contributed by atoms with Crippen LogP contribution in [-0.4, -0.2) is 29.3 Å². The van der Waals surface area contributed by atoms with Gasteiger partial charge < -0.3 is 21.2 Å². The average Bonchev–Trinajstić information content (AvgIpc) is 2.48. The highest BCUT2D eigenvalue weighted by atomic mass is 16.5. The molecule has 0 saturated carbocycles. The van der Waals surface area contributed by atoms with Crippen molar-refractivity contribution in [2.24, 2.45) is 0 Å². The third-order valence-corrected chi connectivity index (χ3v) is 2.88. The van der Waals surface area contributed by atoms with Crippen LogP contribution in [0, 0.1) is 5.41 Å². The zero-order valence-corrected chi connectivity index (χ0v) is 12.3. The van der Waals surface area contributed by atoms with Crippen molar-refractivity contribution in [3.63, 3.8) is 0 Å². The van der Waals surface area contributed by atoms with E-state index in [4.69, 9.17) is 15.9 Å². The standard InChI is InChI=1S/C15H19N5O/c1-9(2)19-14-10(17)7-11(20-12(14)8-16)15-13(21-3)5-4-6-18-15/h4-9,16,19H,1-3H3,(H2,17,20). The SMILES string of the molecule is COc1cccnc1-c1cc(N)c(NC(C)C)c(C=N)n1. The van der Waals surface area contributed by atoms with E-state index in [9.17, 15) is 0 Å². The maximum atomic E-state index is 7.55. The molecule has 2 rings (SSSR count). The van der Waals surface area contributed by atoms with Crippen molar-refractivity contribution in [2.75, 3.05) is 18.2 Å². The van der Waals surface area contributed by atoms with Crippen molar-refractivity contribution in [1.82, 2.24) is 9.97 Å². The summed E-state index contributed by atoms with van der Waals surface area (Å²) < 4.78 is 5.29. The van der Waals surface area contributed by atoms with Gasteiger partial charge in [-0.2, -0.15) is 0 Å². The first-order chi connectivity index (χ1) is 10.1. The zero-order valence-electron chi connectivity index (χ0n) is 12.3. The van der Waals surface area contributed by atoms with Gasteiger partial charge in [0, 0.05) is 18.5 Å². The Labute approximate surface area is 123 Å². The van der Waals surface area contributed by atoms with Crippen molar-refractivity contribution < 1.29 is 4.74 Å². The van der Waals surface area contributed by atoms with E-state index in [0.717, 1.165) is 0 Å². The van der Waals surface area contributed by atoms with E-state index in [2.05, 4.69) is 15.3 Å². The van der Waals surface area contributed by atoms with E-state index >= 15 is 0 Å². The normalized spacial score (nSPS) is 10.5. The molecule has 0 amide bonds. The van der Waals surface area contributed by atoms with Gasteiger partial charge in [-0.15, -0.1) is 0 Å². The fourth-order valence-corrected chi connectivity index (χ4v) is 2.00. The van der Waals surface area contributed by atoms with Gasteiger partial charge >= 0.3 is 0 Å². The molecule has 0 spiro atoms. The molecule has 0 atom stereocenters. The lowest BCUT2D eigenvalue weighted by molar-refractivity contribution is 0.414. The van der Waals surface area contributed by atoms with Gasteiger partial charge in [-0.05, 0) is 32.0 Å². The summed E-state index contributed by atoms with van der Waals surface area (Å²) in [5.41, 5.74) is 8.96. The molecule has 110 valence electrons. The molecular formula is C15H19N5O. The Bertz CT molecular complexity index is 655. The molecule has 0 aromatic carbocycles. The summed E-state index contributed by atoms with van der Waals surface area (Å²) >= 11 is 0. The number of nitrogens with two attached hydrogens (primary N) is 1. The lowest BCUT2D eigenvalue weighted by Gasteiger charge is -2.16. The summed E-state index contributed by atoms with van der Waals surface area (Å²) in [5, 5.41) is 10.8. The lowest BCUT2D eigenvalue weighted by atomic mass is 10.1. The average molecular weight is 285 g/mol. The Morgan fingerprint density at radius 3 is 2.81 bits per heavy atom. The predicted octanol–water partition coefficient (Wildman–Crippen LogP) is 2.55. The number of aromatic nitrogens is 2. The first-order valence-corrected chi connectivity index (χ1v) is 6.63. The molecule has 4 N–H and O–H groups in total. The van der Waals surface area contributed by atoms with Crippen LogP contribution < -0.4 is 15.8 Å². The molecule has 2 heterocycles.